The Balaban J connectivity index is 2.71. The monoisotopic (exact) mass is 282 g/mol. The summed E-state index contributed by atoms with van der Waals surface area (Å²) in [5, 5.41) is 4.28. The van der Waals surface area contributed by atoms with Crippen LogP contribution in [-0.4, -0.2) is 31.1 Å². The summed E-state index contributed by atoms with van der Waals surface area (Å²) in [5.74, 6) is 0.606. The number of halogens is 1. The van der Waals surface area contributed by atoms with E-state index in [-0.39, 0.29) is 0 Å². The fourth-order valence-corrected chi connectivity index (χ4v) is 2.62. The number of hydrogen-bond donors (Lipinski definition) is 1. The summed E-state index contributed by atoms with van der Waals surface area (Å²) in [6, 6.07) is 8.95. The zero-order valence-electron chi connectivity index (χ0n) is 12.8. The van der Waals surface area contributed by atoms with Gasteiger partial charge in [-0.15, -0.1) is 0 Å². The summed E-state index contributed by atoms with van der Waals surface area (Å²) >= 11 is 6.29. The Morgan fingerprint density at radius 1 is 1.21 bits per heavy atom. The quantitative estimate of drug-likeness (QED) is 0.814. The molecule has 1 rings (SSSR count). The minimum Gasteiger partial charge on any atom is -0.317 e. The predicted molar refractivity (Wildman–Crippen MR) is 84.8 cm³/mol. The van der Waals surface area contributed by atoms with Gasteiger partial charge in [0.05, 0.1) is 0 Å². The fourth-order valence-electron chi connectivity index (χ4n) is 2.33. The third kappa shape index (κ3) is 4.48. The van der Waals surface area contributed by atoms with Crippen LogP contribution in [0, 0.1) is 5.92 Å². The topological polar surface area (TPSA) is 15.3 Å². The van der Waals surface area contributed by atoms with Gasteiger partial charge in [0.2, 0.25) is 0 Å². The van der Waals surface area contributed by atoms with Crippen LogP contribution in [0.1, 0.15) is 39.3 Å². The third-order valence-corrected chi connectivity index (χ3v) is 4.49. The van der Waals surface area contributed by atoms with Gasteiger partial charge < -0.3 is 5.32 Å². The van der Waals surface area contributed by atoms with Gasteiger partial charge in [0.15, 0.2) is 0 Å². The lowest BCUT2D eigenvalue weighted by Gasteiger charge is -2.35. The minimum absolute atomic E-state index is 0.327. The molecule has 3 atom stereocenters. The molecule has 0 aromatic heterocycles. The first-order chi connectivity index (χ1) is 8.99. The van der Waals surface area contributed by atoms with Gasteiger partial charge in [0.1, 0.15) is 0 Å². The molecule has 2 nitrogen and oxygen atoms in total. The van der Waals surface area contributed by atoms with Crippen LogP contribution in [0.2, 0.25) is 5.02 Å². The van der Waals surface area contributed by atoms with Gasteiger partial charge >= 0.3 is 0 Å². The van der Waals surface area contributed by atoms with Crippen LogP contribution in [0.25, 0.3) is 0 Å². The fraction of sp³-hybridized carbons (Fsp3) is 0.625. The van der Waals surface area contributed by atoms with Crippen LogP contribution in [0.15, 0.2) is 24.3 Å². The van der Waals surface area contributed by atoms with Crippen molar-refractivity contribution in [3.63, 3.8) is 0 Å². The Hall–Kier alpha value is -0.570. The van der Waals surface area contributed by atoms with Crippen molar-refractivity contribution in [1.82, 2.24) is 10.2 Å². The van der Waals surface area contributed by atoms with E-state index in [4.69, 9.17) is 11.6 Å². The van der Waals surface area contributed by atoms with Crippen molar-refractivity contribution in [2.75, 3.05) is 20.1 Å². The molecule has 0 aliphatic carbocycles. The minimum atomic E-state index is 0.327. The molecule has 0 saturated carbocycles. The summed E-state index contributed by atoms with van der Waals surface area (Å²) in [5.41, 5.74) is 1.20. The normalized spacial score (nSPS) is 16.4. The Morgan fingerprint density at radius 2 is 1.84 bits per heavy atom. The van der Waals surface area contributed by atoms with Crippen LogP contribution >= 0.6 is 11.6 Å². The van der Waals surface area contributed by atoms with Gasteiger partial charge in [0, 0.05) is 17.1 Å². The highest BCUT2D eigenvalue weighted by atomic mass is 35.5. The van der Waals surface area contributed by atoms with Crippen LogP contribution in [0.4, 0.5) is 0 Å². The molecule has 0 heterocycles. The molecule has 0 saturated heterocycles. The molecule has 1 aromatic rings. The lowest BCUT2D eigenvalue weighted by atomic mass is 9.98. The smallest absolute Gasteiger partial charge is 0.0453 e. The Kier molecular flexibility index (Phi) is 6.84. The standard InChI is InChI=1S/C16H27ClN2/c1-6-18-11-12(2)13(3)19(5)14(4)15-9-7-8-10-16(15)17/h7-10,12-14,18H,6,11H2,1-5H3. The van der Waals surface area contributed by atoms with E-state index in [0.717, 1.165) is 18.1 Å². The van der Waals surface area contributed by atoms with E-state index in [1.807, 2.05) is 12.1 Å². The maximum absolute atomic E-state index is 6.29. The number of hydrogen-bond acceptors (Lipinski definition) is 2. The van der Waals surface area contributed by atoms with Gasteiger partial charge in [-0.25, -0.2) is 0 Å². The molecule has 0 aliphatic heterocycles. The van der Waals surface area contributed by atoms with E-state index in [1.54, 1.807) is 0 Å². The van der Waals surface area contributed by atoms with Crippen molar-refractivity contribution >= 4 is 11.6 Å². The maximum atomic E-state index is 6.29. The summed E-state index contributed by atoms with van der Waals surface area (Å²) in [4.78, 5) is 2.41. The molecule has 3 unspecified atom stereocenters. The highest BCUT2D eigenvalue weighted by molar-refractivity contribution is 6.31. The van der Waals surface area contributed by atoms with Crippen molar-refractivity contribution in [3.05, 3.63) is 34.9 Å². The lowest BCUT2D eigenvalue weighted by molar-refractivity contribution is 0.150. The van der Waals surface area contributed by atoms with Crippen LogP contribution < -0.4 is 5.32 Å². The second kappa shape index (κ2) is 7.88. The summed E-state index contributed by atoms with van der Waals surface area (Å²) in [6.45, 7) is 11.0. The number of rotatable bonds is 7. The van der Waals surface area contributed by atoms with E-state index >= 15 is 0 Å². The van der Waals surface area contributed by atoms with Crippen LogP contribution in [0.5, 0.6) is 0 Å². The molecule has 0 amide bonds. The van der Waals surface area contributed by atoms with Gasteiger partial charge in [-0.3, -0.25) is 4.90 Å². The average molecular weight is 283 g/mol. The van der Waals surface area contributed by atoms with Crippen molar-refractivity contribution in [2.45, 2.75) is 39.8 Å². The largest absolute Gasteiger partial charge is 0.317 e. The van der Waals surface area contributed by atoms with Crippen molar-refractivity contribution in [3.8, 4) is 0 Å². The second-order valence-corrected chi connectivity index (χ2v) is 5.80. The number of nitrogens with zero attached hydrogens (tertiary/aromatic N) is 1. The van der Waals surface area contributed by atoms with Crippen LogP contribution in [-0.2, 0) is 0 Å². The van der Waals surface area contributed by atoms with Gasteiger partial charge in [-0.05, 0) is 51.5 Å². The molecular formula is C16H27ClN2. The molecule has 0 spiro atoms. The van der Waals surface area contributed by atoms with E-state index in [1.165, 1.54) is 5.56 Å². The maximum Gasteiger partial charge on any atom is 0.0453 e. The average Bonchev–Trinajstić information content (AvgIpc) is 2.42. The zero-order valence-corrected chi connectivity index (χ0v) is 13.5. The summed E-state index contributed by atoms with van der Waals surface area (Å²) < 4.78 is 0. The van der Waals surface area contributed by atoms with Gasteiger partial charge in [-0.1, -0.05) is 43.6 Å². The highest BCUT2D eigenvalue weighted by Crippen LogP contribution is 2.28. The third-order valence-electron chi connectivity index (χ3n) is 4.15. The first-order valence-corrected chi connectivity index (χ1v) is 7.53. The Bertz CT molecular complexity index is 381. The molecule has 1 aromatic carbocycles. The molecule has 0 aliphatic rings. The van der Waals surface area contributed by atoms with E-state index in [9.17, 15) is 0 Å². The van der Waals surface area contributed by atoms with Gasteiger partial charge in [-0.2, -0.15) is 0 Å². The molecule has 19 heavy (non-hydrogen) atoms. The van der Waals surface area contributed by atoms with Crippen molar-refractivity contribution in [2.24, 2.45) is 5.92 Å². The molecule has 0 radical (unpaired) electrons. The molecule has 0 bridgehead atoms. The van der Waals surface area contributed by atoms with Gasteiger partial charge in [0.25, 0.3) is 0 Å². The SMILES string of the molecule is CCNCC(C)C(C)N(C)C(C)c1ccccc1Cl. The molecule has 108 valence electrons. The predicted octanol–water partition coefficient (Wildman–Crippen LogP) is 3.97. The van der Waals surface area contributed by atoms with Crippen molar-refractivity contribution in [1.29, 1.82) is 0 Å². The summed E-state index contributed by atoms with van der Waals surface area (Å²) in [6.07, 6.45) is 0. The highest BCUT2D eigenvalue weighted by Gasteiger charge is 2.22. The molecule has 1 N–H and O–H groups in total. The first-order valence-electron chi connectivity index (χ1n) is 7.16. The van der Waals surface area contributed by atoms with E-state index < -0.39 is 0 Å². The second-order valence-electron chi connectivity index (χ2n) is 5.39. The Morgan fingerprint density at radius 3 is 2.42 bits per heavy atom. The van der Waals surface area contributed by atoms with E-state index in [0.29, 0.717) is 18.0 Å². The first kappa shape index (κ1) is 16.5. The van der Waals surface area contributed by atoms with E-state index in [2.05, 4.69) is 57.1 Å². The zero-order chi connectivity index (χ0) is 14.4. The lowest BCUT2D eigenvalue weighted by Crippen LogP contribution is -2.40. The van der Waals surface area contributed by atoms with Crippen molar-refractivity contribution < 1.29 is 0 Å². The number of nitrogens with one attached hydrogen (secondary N) is 1. The molecule has 0 fully saturated rings. The number of benzene rings is 1. The molecule has 3 heteroatoms. The van der Waals surface area contributed by atoms with Crippen LogP contribution in [0.3, 0.4) is 0 Å². The Labute approximate surface area is 123 Å². The summed E-state index contributed by atoms with van der Waals surface area (Å²) in [7, 11) is 2.18. The molecular weight excluding hydrogens is 256 g/mol.